The third kappa shape index (κ3) is 4.89. The van der Waals surface area contributed by atoms with Crippen LogP contribution in [0, 0.1) is 6.92 Å². The number of ether oxygens (including phenoxy) is 1. The molecule has 0 radical (unpaired) electrons. The molecule has 3 rings (SSSR count). The van der Waals surface area contributed by atoms with Gasteiger partial charge in [0.05, 0.1) is 18.1 Å². The molecule has 0 aliphatic carbocycles. The lowest BCUT2D eigenvalue weighted by molar-refractivity contribution is 0.0680. The van der Waals surface area contributed by atoms with E-state index in [0.717, 1.165) is 11.1 Å². The first-order valence-corrected chi connectivity index (χ1v) is 11.0. The van der Waals surface area contributed by atoms with Crippen LogP contribution in [0.3, 0.4) is 0 Å². The molecule has 144 valence electrons. The molecule has 0 spiro atoms. The zero-order chi connectivity index (χ0) is 19.4. The first kappa shape index (κ1) is 19.4. The van der Waals surface area contributed by atoms with E-state index >= 15 is 0 Å². The van der Waals surface area contributed by atoms with Crippen LogP contribution in [0.2, 0.25) is 0 Å². The van der Waals surface area contributed by atoms with E-state index in [0.29, 0.717) is 30.9 Å². The van der Waals surface area contributed by atoms with Crippen LogP contribution >= 0.6 is 0 Å². The van der Waals surface area contributed by atoms with Gasteiger partial charge in [0.1, 0.15) is 5.75 Å². The largest absolute Gasteiger partial charge is 0.494 e. The lowest BCUT2D eigenvalue weighted by Crippen LogP contribution is -2.40. The summed E-state index contributed by atoms with van der Waals surface area (Å²) in [7, 11) is -3.09. The number of carbonyl (C=O) groups is 1. The van der Waals surface area contributed by atoms with Gasteiger partial charge in [-0.05, 0) is 44.0 Å². The number of sulfone groups is 1. The van der Waals surface area contributed by atoms with Gasteiger partial charge in [-0.3, -0.25) is 4.79 Å². The molecular formula is C21H25NO4S. The van der Waals surface area contributed by atoms with Gasteiger partial charge in [0, 0.05) is 18.2 Å². The van der Waals surface area contributed by atoms with Crippen molar-refractivity contribution in [1.82, 2.24) is 4.90 Å². The zero-order valence-electron chi connectivity index (χ0n) is 15.7. The Kier molecular flexibility index (Phi) is 5.85. The van der Waals surface area contributed by atoms with Crippen LogP contribution < -0.4 is 4.74 Å². The minimum absolute atomic E-state index is 0.0236. The number of benzene rings is 2. The summed E-state index contributed by atoms with van der Waals surface area (Å²) < 4.78 is 29.5. The van der Waals surface area contributed by atoms with Gasteiger partial charge in [0.15, 0.2) is 9.84 Å². The van der Waals surface area contributed by atoms with Crippen LogP contribution in [0.5, 0.6) is 5.75 Å². The molecule has 2 aromatic carbocycles. The average molecular weight is 388 g/mol. The van der Waals surface area contributed by atoms with Gasteiger partial charge in [-0.2, -0.15) is 0 Å². The van der Waals surface area contributed by atoms with Gasteiger partial charge in [-0.15, -0.1) is 0 Å². The molecule has 6 heteroatoms. The van der Waals surface area contributed by atoms with E-state index in [1.807, 2.05) is 44.2 Å². The van der Waals surface area contributed by atoms with E-state index in [4.69, 9.17) is 4.74 Å². The second kappa shape index (κ2) is 8.13. The first-order valence-electron chi connectivity index (χ1n) is 9.18. The maximum atomic E-state index is 13.2. The Bertz CT molecular complexity index is 906. The number of carbonyl (C=O) groups excluding carboxylic acids is 1. The molecule has 1 heterocycles. The normalized spacial score (nSPS) is 18.2. The smallest absolute Gasteiger partial charge is 0.254 e. The van der Waals surface area contributed by atoms with Crippen molar-refractivity contribution in [1.29, 1.82) is 0 Å². The Labute approximate surface area is 160 Å². The molecule has 0 saturated carbocycles. The lowest BCUT2D eigenvalue weighted by Gasteiger charge is -2.29. The predicted octanol–water partition coefficient (Wildman–Crippen LogP) is 3.22. The van der Waals surface area contributed by atoms with Crippen molar-refractivity contribution in [3.63, 3.8) is 0 Å². The van der Waals surface area contributed by atoms with Gasteiger partial charge >= 0.3 is 0 Å². The van der Waals surface area contributed by atoms with Gasteiger partial charge in [0.2, 0.25) is 0 Å². The Morgan fingerprint density at radius 3 is 2.56 bits per heavy atom. The van der Waals surface area contributed by atoms with Gasteiger partial charge < -0.3 is 9.64 Å². The van der Waals surface area contributed by atoms with E-state index in [1.165, 1.54) is 0 Å². The SMILES string of the molecule is CCOc1cccc(C(=O)N(Cc2ccc(C)cc2)C2CCS(=O)(=O)C2)c1. The standard InChI is InChI=1S/C21H25NO4S/c1-3-26-20-6-4-5-18(13-20)21(23)22(19-11-12-27(24,25)15-19)14-17-9-7-16(2)8-10-17/h4-10,13,19H,3,11-12,14-15H2,1-2H3. The van der Waals surface area contributed by atoms with Crippen molar-refractivity contribution < 1.29 is 17.9 Å². The summed E-state index contributed by atoms with van der Waals surface area (Å²) in [5.41, 5.74) is 2.64. The minimum atomic E-state index is -3.09. The molecule has 1 amide bonds. The molecule has 1 aliphatic heterocycles. The number of hydrogen-bond acceptors (Lipinski definition) is 4. The molecule has 1 fully saturated rings. The van der Waals surface area contributed by atoms with E-state index in [1.54, 1.807) is 23.1 Å². The quantitative estimate of drug-likeness (QED) is 0.763. The summed E-state index contributed by atoms with van der Waals surface area (Å²) in [5.74, 6) is 0.626. The van der Waals surface area contributed by atoms with Crippen LogP contribution in [0.4, 0.5) is 0 Å². The van der Waals surface area contributed by atoms with Crippen molar-refractivity contribution in [2.45, 2.75) is 32.9 Å². The van der Waals surface area contributed by atoms with Crippen molar-refractivity contribution in [2.24, 2.45) is 0 Å². The molecule has 1 unspecified atom stereocenters. The molecule has 0 aromatic heterocycles. The highest BCUT2D eigenvalue weighted by molar-refractivity contribution is 7.91. The van der Waals surface area contributed by atoms with Crippen LogP contribution in [0.25, 0.3) is 0 Å². The fourth-order valence-electron chi connectivity index (χ4n) is 3.33. The Morgan fingerprint density at radius 2 is 1.93 bits per heavy atom. The van der Waals surface area contributed by atoms with Crippen LogP contribution in [-0.2, 0) is 16.4 Å². The third-order valence-electron chi connectivity index (χ3n) is 4.78. The van der Waals surface area contributed by atoms with Crippen molar-refractivity contribution >= 4 is 15.7 Å². The van der Waals surface area contributed by atoms with E-state index in [-0.39, 0.29) is 23.5 Å². The summed E-state index contributed by atoms with van der Waals surface area (Å²) >= 11 is 0. The topological polar surface area (TPSA) is 63.7 Å². The number of aryl methyl sites for hydroxylation is 1. The fraction of sp³-hybridized carbons (Fsp3) is 0.381. The molecule has 27 heavy (non-hydrogen) atoms. The molecule has 0 N–H and O–H groups in total. The van der Waals surface area contributed by atoms with E-state index in [9.17, 15) is 13.2 Å². The van der Waals surface area contributed by atoms with Gasteiger partial charge in [0.25, 0.3) is 5.91 Å². The lowest BCUT2D eigenvalue weighted by atomic mass is 10.1. The Balaban J connectivity index is 1.89. The first-order chi connectivity index (χ1) is 12.9. The van der Waals surface area contributed by atoms with Crippen LogP contribution in [-0.4, -0.2) is 43.4 Å². The monoisotopic (exact) mass is 387 g/mol. The summed E-state index contributed by atoms with van der Waals surface area (Å²) in [6.07, 6.45) is 0.477. The zero-order valence-corrected chi connectivity index (χ0v) is 16.5. The molecule has 0 bridgehead atoms. The summed E-state index contributed by atoms with van der Waals surface area (Å²) in [6, 6.07) is 14.7. The van der Waals surface area contributed by atoms with Crippen molar-refractivity contribution in [3.05, 3.63) is 65.2 Å². The maximum Gasteiger partial charge on any atom is 0.254 e. The number of rotatable bonds is 6. The molecule has 5 nitrogen and oxygen atoms in total. The molecule has 1 aliphatic rings. The highest BCUT2D eigenvalue weighted by Gasteiger charge is 2.35. The van der Waals surface area contributed by atoms with E-state index in [2.05, 4.69) is 0 Å². The van der Waals surface area contributed by atoms with Gasteiger partial charge in [-0.1, -0.05) is 35.9 Å². The summed E-state index contributed by atoms with van der Waals surface area (Å²) in [4.78, 5) is 14.9. The highest BCUT2D eigenvalue weighted by Crippen LogP contribution is 2.24. The number of amides is 1. The van der Waals surface area contributed by atoms with Crippen molar-refractivity contribution in [2.75, 3.05) is 18.1 Å². The van der Waals surface area contributed by atoms with Crippen molar-refractivity contribution in [3.8, 4) is 5.75 Å². The number of hydrogen-bond donors (Lipinski definition) is 0. The van der Waals surface area contributed by atoms with Gasteiger partial charge in [-0.25, -0.2) is 8.42 Å². The second-order valence-electron chi connectivity index (χ2n) is 6.94. The number of nitrogens with zero attached hydrogens (tertiary/aromatic N) is 1. The molecule has 1 atom stereocenters. The summed E-state index contributed by atoms with van der Waals surface area (Å²) in [6.45, 7) is 4.81. The molecule has 1 saturated heterocycles. The second-order valence-corrected chi connectivity index (χ2v) is 9.17. The van der Waals surface area contributed by atoms with Crippen LogP contribution in [0.1, 0.15) is 34.8 Å². The van der Waals surface area contributed by atoms with Crippen LogP contribution in [0.15, 0.2) is 48.5 Å². The Morgan fingerprint density at radius 1 is 1.19 bits per heavy atom. The average Bonchev–Trinajstić information content (AvgIpc) is 3.01. The summed E-state index contributed by atoms with van der Waals surface area (Å²) in [5, 5.41) is 0. The molecule has 2 aromatic rings. The predicted molar refractivity (Wildman–Crippen MR) is 106 cm³/mol. The molecular weight excluding hydrogens is 362 g/mol. The fourth-order valence-corrected chi connectivity index (χ4v) is 5.06. The third-order valence-corrected chi connectivity index (χ3v) is 6.53. The van der Waals surface area contributed by atoms with E-state index < -0.39 is 9.84 Å². The highest BCUT2D eigenvalue weighted by atomic mass is 32.2. The minimum Gasteiger partial charge on any atom is -0.494 e. The maximum absolute atomic E-state index is 13.2. The Hall–Kier alpha value is -2.34.